The van der Waals surface area contributed by atoms with Gasteiger partial charge in [-0.05, 0) is 37.8 Å². The Kier molecular flexibility index (Phi) is 5.19. The first-order valence-electron chi connectivity index (χ1n) is 7.30. The van der Waals surface area contributed by atoms with E-state index in [9.17, 15) is 4.79 Å². The number of nitrogens with zero attached hydrogens (tertiary/aromatic N) is 2. The van der Waals surface area contributed by atoms with Gasteiger partial charge in [-0.2, -0.15) is 0 Å². The summed E-state index contributed by atoms with van der Waals surface area (Å²) < 4.78 is 0. The molecule has 1 aromatic rings. The molecule has 0 spiro atoms. The van der Waals surface area contributed by atoms with Crippen molar-refractivity contribution in [2.24, 2.45) is 0 Å². The van der Waals surface area contributed by atoms with Crippen molar-refractivity contribution in [2.45, 2.75) is 39.0 Å². The second-order valence-electron chi connectivity index (χ2n) is 5.07. The van der Waals surface area contributed by atoms with Gasteiger partial charge in [0.25, 0.3) is 5.91 Å². The van der Waals surface area contributed by atoms with Crippen molar-refractivity contribution < 1.29 is 4.79 Å². The largest absolute Gasteiger partial charge is 0.384 e. The SMILES string of the molecule is CCCCNc1ccc(C(=O)N2CCCCC2)nc1. The standard InChI is InChI=1S/C15H23N3O/c1-2-3-9-16-13-7-8-14(17-12-13)15(19)18-10-5-4-6-11-18/h7-8,12,16H,2-6,9-11H2,1H3. The summed E-state index contributed by atoms with van der Waals surface area (Å²) in [5.74, 6) is 0.0693. The summed E-state index contributed by atoms with van der Waals surface area (Å²) in [5, 5.41) is 3.30. The molecule has 0 unspecified atom stereocenters. The Balaban J connectivity index is 1.91. The Labute approximate surface area is 115 Å². The molecule has 1 N–H and O–H groups in total. The molecule has 2 heterocycles. The van der Waals surface area contributed by atoms with Gasteiger partial charge >= 0.3 is 0 Å². The van der Waals surface area contributed by atoms with Crippen LogP contribution in [0.4, 0.5) is 5.69 Å². The maximum atomic E-state index is 12.2. The van der Waals surface area contributed by atoms with E-state index in [2.05, 4.69) is 17.2 Å². The van der Waals surface area contributed by atoms with Gasteiger partial charge in [0.15, 0.2) is 0 Å². The summed E-state index contributed by atoms with van der Waals surface area (Å²) in [6.07, 6.45) is 7.54. The number of nitrogens with one attached hydrogen (secondary N) is 1. The van der Waals surface area contributed by atoms with Crippen molar-refractivity contribution in [3.05, 3.63) is 24.0 Å². The molecule has 4 nitrogen and oxygen atoms in total. The molecule has 1 saturated heterocycles. The van der Waals surface area contributed by atoms with Crippen LogP contribution in [0.1, 0.15) is 49.5 Å². The van der Waals surface area contributed by atoms with E-state index in [1.165, 1.54) is 12.8 Å². The Bertz CT molecular complexity index is 396. The molecule has 1 fully saturated rings. The molecule has 2 rings (SSSR count). The van der Waals surface area contributed by atoms with E-state index < -0.39 is 0 Å². The van der Waals surface area contributed by atoms with Crippen LogP contribution in [0, 0.1) is 0 Å². The van der Waals surface area contributed by atoms with Gasteiger partial charge in [0.2, 0.25) is 0 Å². The van der Waals surface area contributed by atoms with E-state index in [0.29, 0.717) is 5.69 Å². The van der Waals surface area contributed by atoms with Crippen LogP contribution in [0.15, 0.2) is 18.3 Å². The Hall–Kier alpha value is -1.58. The van der Waals surface area contributed by atoms with E-state index in [4.69, 9.17) is 0 Å². The van der Waals surface area contributed by atoms with E-state index >= 15 is 0 Å². The normalized spacial score (nSPS) is 15.3. The van der Waals surface area contributed by atoms with Crippen LogP contribution in [0.3, 0.4) is 0 Å². The Morgan fingerprint density at radius 1 is 1.32 bits per heavy atom. The Morgan fingerprint density at radius 3 is 2.74 bits per heavy atom. The lowest BCUT2D eigenvalue weighted by molar-refractivity contribution is 0.0718. The predicted molar refractivity (Wildman–Crippen MR) is 77.4 cm³/mol. The number of pyridine rings is 1. The number of rotatable bonds is 5. The van der Waals surface area contributed by atoms with Gasteiger partial charge in [0.1, 0.15) is 5.69 Å². The number of piperidine rings is 1. The second kappa shape index (κ2) is 7.12. The molecule has 0 saturated carbocycles. The minimum atomic E-state index is 0.0693. The minimum absolute atomic E-state index is 0.0693. The quantitative estimate of drug-likeness (QED) is 0.829. The van der Waals surface area contributed by atoms with E-state index in [0.717, 1.165) is 44.6 Å². The van der Waals surface area contributed by atoms with Gasteiger partial charge in [-0.1, -0.05) is 13.3 Å². The average Bonchev–Trinajstić information content (AvgIpc) is 2.48. The maximum absolute atomic E-state index is 12.2. The van der Waals surface area contributed by atoms with Crippen LogP contribution in [0.2, 0.25) is 0 Å². The first kappa shape index (κ1) is 13.8. The molecule has 104 valence electrons. The molecule has 0 bridgehead atoms. The number of amides is 1. The number of carbonyl (C=O) groups is 1. The summed E-state index contributed by atoms with van der Waals surface area (Å²) >= 11 is 0. The summed E-state index contributed by atoms with van der Waals surface area (Å²) in [6.45, 7) is 4.87. The number of aromatic nitrogens is 1. The zero-order chi connectivity index (χ0) is 13.5. The lowest BCUT2D eigenvalue weighted by Gasteiger charge is -2.26. The number of unbranched alkanes of at least 4 members (excludes halogenated alkanes) is 1. The van der Waals surface area contributed by atoms with Gasteiger partial charge in [-0.15, -0.1) is 0 Å². The second-order valence-corrected chi connectivity index (χ2v) is 5.07. The number of hydrogen-bond acceptors (Lipinski definition) is 3. The molecule has 4 heteroatoms. The van der Waals surface area contributed by atoms with Crippen molar-refractivity contribution in [3.8, 4) is 0 Å². The highest BCUT2D eigenvalue weighted by molar-refractivity contribution is 5.92. The molecule has 0 aromatic carbocycles. The van der Waals surface area contributed by atoms with E-state index in [1.807, 2.05) is 17.0 Å². The number of likely N-dealkylation sites (tertiary alicyclic amines) is 1. The van der Waals surface area contributed by atoms with Crippen molar-refractivity contribution >= 4 is 11.6 Å². The van der Waals surface area contributed by atoms with Crippen molar-refractivity contribution in [1.29, 1.82) is 0 Å². The third kappa shape index (κ3) is 3.94. The fourth-order valence-electron chi connectivity index (χ4n) is 2.29. The minimum Gasteiger partial charge on any atom is -0.384 e. The predicted octanol–water partition coefficient (Wildman–Crippen LogP) is 2.92. The molecule has 1 amide bonds. The van der Waals surface area contributed by atoms with Crippen molar-refractivity contribution in [3.63, 3.8) is 0 Å². The topological polar surface area (TPSA) is 45.2 Å². The number of anilines is 1. The molecule has 19 heavy (non-hydrogen) atoms. The van der Waals surface area contributed by atoms with Crippen LogP contribution < -0.4 is 5.32 Å². The maximum Gasteiger partial charge on any atom is 0.272 e. The Morgan fingerprint density at radius 2 is 2.11 bits per heavy atom. The zero-order valence-electron chi connectivity index (χ0n) is 11.7. The monoisotopic (exact) mass is 261 g/mol. The molecular formula is C15H23N3O. The van der Waals surface area contributed by atoms with Crippen LogP contribution in [-0.4, -0.2) is 35.4 Å². The van der Waals surface area contributed by atoms with Gasteiger partial charge in [0.05, 0.1) is 11.9 Å². The van der Waals surface area contributed by atoms with Crippen LogP contribution in [-0.2, 0) is 0 Å². The number of carbonyl (C=O) groups excluding carboxylic acids is 1. The average molecular weight is 261 g/mol. The van der Waals surface area contributed by atoms with Crippen LogP contribution in [0.25, 0.3) is 0 Å². The first-order valence-corrected chi connectivity index (χ1v) is 7.30. The lowest BCUT2D eigenvalue weighted by Crippen LogP contribution is -2.36. The van der Waals surface area contributed by atoms with Crippen LogP contribution >= 0.6 is 0 Å². The van der Waals surface area contributed by atoms with Gasteiger partial charge in [-0.25, -0.2) is 4.98 Å². The lowest BCUT2D eigenvalue weighted by atomic mass is 10.1. The molecular weight excluding hydrogens is 238 g/mol. The summed E-state index contributed by atoms with van der Waals surface area (Å²) in [5.41, 5.74) is 1.55. The first-order chi connectivity index (χ1) is 9.31. The fraction of sp³-hybridized carbons (Fsp3) is 0.600. The molecule has 0 radical (unpaired) electrons. The third-order valence-electron chi connectivity index (χ3n) is 3.49. The van der Waals surface area contributed by atoms with E-state index in [1.54, 1.807) is 6.20 Å². The molecule has 1 aliphatic rings. The van der Waals surface area contributed by atoms with Crippen LogP contribution in [0.5, 0.6) is 0 Å². The van der Waals surface area contributed by atoms with Gasteiger partial charge in [-0.3, -0.25) is 4.79 Å². The van der Waals surface area contributed by atoms with E-state index in [-0.39, 0.29) is 5.91 Å². The molecule has 1 aliphatic heterocycles. The highest BCUT2D eigenvalue weighted by atomic mass is 16.2. The van der Waals surface area contributed by atoms with Crippen molar-refractivity contribution in [1.82, 2.24) is 9.88 Å². The van der Waals surface area contributed by atoms with Gasteiger partial charge in [0, 0.05) is 19.6 Å². The van der Waals surface area contributed by atoms with Gasteiger partial charge < -0.3 is 10.2 Å². The summed E-state index contributed by atoms with van der Waals surface area (Å²) in [6, 6.07) is 3.77. The fourth-order valence-corrected chi connectivity index (χ4v) is 2.29. The number of hydrogen-bond donors (Lipinski definition) is 1. The zero-order valence-corrected chi connectivity index (χ0v) is 11.7. The molecule has 0 atom stereocenters. The molecule has 1 aromatic heterocycles. The highest BCUT2D eigenvalue weighted by Crippen LogP contribution is 2.13. The third-order valence-corrected chi connectivity index (χ3v) is 3.49. The van der Waals surface area contributed by atoms with Crippen molar-refractivity contribution in [2.75, 3.05) is 25.0 Å². The summed E-state index contributed by atoms with van der Waals surface area (Å²) in [7, 11) is 0. The smallest absolute Gasteiger partial charge is 0.272 e. The highest BCUT2D eigenvalue weighted by Gasteiger charge is 2.18. The molecule has 0 aliphatic carbocycles. The summed E-state index contributed by atoms with van der Waals surface area (Å²) in [4.78, 5) is 18.4.